The zero-order valence-electron chi connectivity index (χ0n) is 19.9. The Balaban J connectivity index is 0.000000448. The number of nitrogens with zero attached hydrogens (tertiary/aromatic N) is 5. The van der Waals surface area contributed by atoms with Crippen LogP contribution in [0.25, 0.3) is 16.7 Å². The molecule has 0 radical (unpaired) electrons. The first kappa shape index (κ1) is 27.4. The second-order valence-corrected chi connectivity index (χ2v) is 8.35. The molecule has 1 fully saturated rings. The van der Waals surface area contributed by atoms with Crippen LogP contribution in [-0.4, -0.2) is 72.9 Å². The molecule has 1 atom stereocenters. The Bertz CT molecular complexity index is 1460. The van der Waals surface area contributed by atoms with E-state index in [0.717, 1.165) is 5.39 Å². The predicted molar refractivity (Wildman–Crippen MR) is 127 cm³/mol. The van der Waals surface area contributed by atoms with Gasteiger partial charge in [0.05, 0.1) is 12.1 Å². The molecular formula is C25H20F5N5O4. The van der Waals surface area contributed by atoms with Crippen LogP contribution in [0.5, 0.6) is 5.88 Å². The zero-order valence-corrected chi connectivity index (χ0v) is 19.9. The summed E-state index contributed by atoms with van der Waals surface area (Å²) in [5, 5.41) is 12.1. The number of halogens is 5. The quantitative estimate of drug-likeness (QED) is 0.376. The smallest absolute Gasteiger partial charge is 0.475 e. The molecule has 0 bridgehead atoms. The number of ether oxygens (including phenoxy) is 1. The zero-order chi connectivity index (χ0) is 28.2. The Kier molecular flexibility index (Phi) is 7.74. The van der Waals surface area contributed by atoms with Crippen molar-refractivity contribution >= 4 is 22.8 Å². The number of benzene rings is 1. The highest BCUT2D eigenvalue weighted by Gasteiger charge is 2.47. The van der Waals surface area contributed by atoms with Crippen molar-refractivity contribution in [3.05, 3.63) is 78.8 Å². The number of carboxylic acid groups (broad SMARTS) is 1. The van der Waals surface area contributed by atoms with E-state index in [2.05, 4.69) is 15.1 Å². The fourth-order valence-electron chi connectivity index (χ4n) is 3.67. The Morgan fingerprint density at radius 2 is 1.74 bits per heavy atom. The molecule has 0 aliphatic carbocycles. The number of fused-ring (bicyclic) bond motifs is 1. The van der Waals surface area contributed by atoms with Gasteiger partial charge in [-0.2, -0.15) is 18.3 Å². The van der Waals surface area contributed by atoms with E-state index in [1.54, 1.807) is 54.9 Å². The Morgan fingerprint density at radius 3 is 2.44 bits per heavy atom. The van der Waals surface area contributed by atoms with Crippen molar-refractivity contribution < 1.29 is 41.4 Å². The standard InChI is InChI=1S/C23H19F2N5O2.C2HF3O2/c24-23(25)11-14-29(22(31)18-7-3-8-20(27-18)30-13-4-12-26-30)15-19(23)32-21-10-9-16-5-1-2-6-17(16)28-21;3-2(4,5)1(6)7/h1-10,12-13,19H,11,14-15H2;(H,6,7)/t19-;/m0./s1. The number of para-hydroxylation sites is 1. The fraction of sp³-hybridized carbons (Fsp3) is 0.240. The van der Waals surface area contributed by atoms with Gasteiger partial charge in [-0.1, -0.05) is 24.3 Å². The van der Waals surface area contributed by atoms with E-state index in [9.17, 15) is 26.7 Å². The number of hydrogen-bond donors (Lipinski definition) is 1. The van der Waals surface area contributed by atoms with Crippen molar-refractivity contribution in [3.8, 4) is 11.7 Å². The van der Waals surface area contributed by atoms with Crippen LogP contribution in [0, 0.1) is 0 Å². The van der Waals surface area contributed by atoms with Crippen LogP contribution in [0.2, 0.25) is 0 Å². The predicted octanol–water partition coefficient (Wildman–Crippen LogP) is 4.38. The second kappa shape index (κ2) is 11.0. The van der Waals surface area contributed by atoms with Gasteiger partial charge in [-0.25, -0.2) is 28.2 Å². The van der Waals surface area contributed by atoms with Crippen LogP contribution < -0.4 is 4.74 Å². The summed E-state index contributed by atoms with van der Waals surface area (Å²) >= 11 is 0. The maximum atomic E-state index is 14.6. The van der Waals surface area contributed by atoms with Crippen molar-refractivity contribution in [1.82, 2.24) is 24.6 Å². The number of carbonyl (C=O) groups is 2. The molecule has 1 N–H and O–H groups in total. The fourth-order valence-corrected chi connectivity index (χ4v) is 3.67. The maximum Gasteiger partial charge on any atom is 0.490 e. The number of aromatic nitrogens is 4. The molecule has 39 heavy (non-hydrogen) atoms. The first-order valence-electron chi connectivity index (χ1n) is 11.4. The van der Waals surface area contributed by atoms with E-state index in [0.29, 0.717) is 11.3 Å². The molecule has 1 saturated heterocycles. The summed E-state index contributed by atoms with van der Waals surface area (Å²) in [5.74, 6) is -5.71. The molecule has 3 aromatic heterocycles. The lowest BCUT2D eigenvalue weighted by atomic mass is 10.0. The highest BCUT2D eigenvalue weighted by Crippen LogP contribution is 2.32. The molecule has 0 spiro atoms. The summed E-state index contributed by atoms with van der Waals surface area (Å²) in [6.07, 6.45) is -3.79. The number of aliphatic carboxylic acids is 1. The number of carboxylic acids is 1. The van der Waals surface area contributed by atoms with Crippen molar-refractivity contribution in [2.45, 2.75) is 24.6 Å². The van der Waals surface area contributed by atoms with Gasteiger partial charge in [0, 0.05) is 36.8 Å². The Morgan fingerprint density at radius 1 is 1.00 bits per heavy atom. The molecule has 0 unspecified atom stereocenters. The van der Waals surface area contributed by atoms with E-state index in [-0.39, 0.29) is 24.7 Å². The number of hydrogen-bond acceptors (Lipinski definition) is 6. The minimum absolute atomic E-state index is 0.0927. The monoisotopic (exact) mass is 549 g/mol. The Labute approximate surface area is 217 Å². The summed E-state index contributed by atoms with van der Waals surface area (Å²) in [6, 6.07) is 17.4. The lowest BCUT2D eigenvalue weighted by Crippen LogP contribution is -2.55. The topological polar surface area (TPSA) is 110 Å². The SMILES string of the molecule is O=C(O)C(F)(F)F.O=C(c1cccc(-n2cccn2)n1)N1CCC(F)(F)[C@@H](Oc2ccc3ccccc3n2)C1. The van der Waals surface area contributed by atoms with Gasteiger partial charge in [0.1, 0.15) is 5.69 Å². The molecule has 14 heteroatoms. The summed E-state index contributed by atoms with van der Waals surface area (Å²) < 4.78 is 68.1. The minimum Gasteiger partial charge on any atom is -0.475 e. The molecule has 0 saturated carbocycles. The molecule has 4 heterocycles. The number of piperidine rings is 1. The maximum absolute atomic E-state index is 14.6. The van der Waals surface area contributed by atoms with Crippen LogP contribution in [0.15, 0.2) is 73.1 Å². The van der Waals surface area contributed by atoms with Crippen LogP contribution in [0.4, 0.5) is 22.0 Å². The number of alkyl halides is 5. The number of carbonyl (C=O) groups excluding carboxylic acids is 1. The average molecular weight is 549 g/mol. The first-order valence-corrected chi connectivity index (χ1v) is 11.4. The van der Waals surface area contributed by atoms with Crippen molar-refractivity contribution in [3.63, 3.8) is 0 Å². The van der Waals surface area contributed by atoms with Gasteiger partial charge in [0.25, 0.3) is 11.8 Å². The third-order valence-electron chi connectivity index (χ3n) is 5.63. The van der Waals surface area contributed by atoms with E-state index >= 15 is 0 Å². The largest absolute Gasteiger partial charge is 0.490 e. The van der Waals surface area contributed by atoms with Crippen LogP contribution in [0.3, 0.4) is 0 Å². The number of likely N-dealkylation sites (tertiary alicyclic amines) is 1. The number of amides is 1. The summed E-state index contributed by atoms with van der Waals surface area (Å²) in [4.78, 5) is 31.9. The second-order valence-electron chi connectivity index (χ2n) is 8.35. The van der Waals surface area contributed by atoms with E-state index in [1.807, 2.05) is 18.2 Å². The molecule has 1 amide bonds. The van der Waals surface area contributed by atoms with E-state index in [4.69, 9.17) is 14.6 Å². The van der Waals surface area contributed by atoms with Gasteiger partial charge in [-0.3, -0.25) is 4.79 Å². The molecule has 9 nitrogen and oxygen atoms in total. The number of rotatable bonds is 4. The van der Waals surface area contributed by atoms with Crippen molar-refractivity contribution in [2.24, 2.45) is 0 Å². The van der Waals surface area contributed by atoms with Crippen molar-refractivity contribution in [2.75, 3.05) is 13.1 Å². The molecule has 204 valence electrons. The molecule has 4 aromatic rings. The first-order chi connectivity index (χ1) is 18.4. The molecule has 1 aliphatic rings. The van der Waals surface area contributed by atoms with Crippen LogP contribution >= 0.6 is 0 Å². The molecule has 1 aliphatic heterocycles. The summed E-state index contributed by atoms with van der Waals surface area (Å²) in [7, 11) is 0. The van der Waals surface area contributed by atoms with Gasteiger partial charge < -0.3 is 14.7 Å². The van der Waals surface area contributed by atoms with Crippen molar-refractivity contribution in [1.29, 1.82) is 0 Å². The molecule has 1 aromatic carbocycles. The summed E-state index contributed by atoms with van der Waals surface area (Å²) in [5.41, 5.74) is 0.808. The highest BCUT2D eigenvalue weighted by molar-refractivity contribution is 5.92. The summed E-state index contributed by atoms with van der Waals surface area (Å²) in [6.45, 7) is -0.363. The third kappa shape index (κ3) is 6.64. The van der Waals surface area contributed by atoms with Gasteiger partial charge >= 0.3 is 12.1 Å². The molecular weight excluding hydrogens is 529 g/mol. The Hall–Kier alpha value is -4.62. The van der Waals surface area contributed by atoms with Crippen LogP contribution in [0.1, 0.15) is 16.9 Å². The van der Waals surface area contributed by atoms with Gasteiger partial charge in [-0.05, 0) is 30.3 Å². The lowest BCUT2D eigenvalue weighted by Gasteiger charge is -2.37. The molecule has 5 rings (SSSR count). The van der Waals surface area contributed by atoms with Gasteiger partial charge in [0.2, 0.25) is 5.88 Å². The van der Waals surface area contributed by atoms with Gasteiger partial charge in [0.15, 0.2) is 11.9 Å². The van der Waals surface area contributed by atoms with E-state index in [1.165, 1.54) is 9.58 Å². The normalized spacial score (nSPS) is 16.7. The van der Waals surface area contributed by atoms with E-state index < -0.39 is 36.5 Å². The minimum atomic E-state index is -5.08. The highest BCUT2D eigenvalue weighted by atomic mass is 19.4. The number of pyridine rings is 2. The average Bonchev–Trinajstić information content (AvgIpc) is 3.45. The van der Waals surface area contributed by atoms with Crippen LogP contribution in [-0.2, 0) is 4.79 Å². The third-order valence-corrected chi connectivity index (χ3v) is 5.63. The lowest BCUT2D eigenvalue weighted by molar-refractivity contribution is -0.192. The van der Waals surface area contributed by atoms with Gasteiger partial charge in [-0.15, -0.1) is 0 Å².